The van der Waals surface area contributed by atoms with Gasteiger partial charge in [0, 0.05) is 32.7 Å². The molecular formula is C15H22FN3O3S. The van der Waals surface area contributed by atoms with Crippen LogP contribution in [0.1, 0.15) is 13.3 Å². The Morgan fingerprint density at radius 1 is 1.22 bits per heavy atom. The summed E-state index contributed by atoms with van der Waals surface area (Å²) in [6.45, 7) is 4.27. The molecule has 1 aliphatic heterocycles. The second-order valence-electron chi connectivity index (χ2n) is 5.46. The Hall–Kier alpha value is -1.51. The van der Waals surface area contributed by atoms with Crippen LogP contribution in [0.5, 0.6) is 0 Å². The molecule has 1 heterocycles. The predicted molar refractivity (Wildman–Crippen MR) is 84.9 cm³/mol. The zero-order valence-corrected chi connectivity index (χ0v) is 14.0. The van der Waals surface area contributed by atoms with Gasteiger partial charge in [0.05, 0.1) is 6.54 Å². The lowest BCUT2D eigenvalue weighted by Gasteiger charge is -2.33. The van der Waals surface area contributed by atoms with Crippen molar-refractivity contribution in [1.29, 1.82) is 0 Å². The van der Waals surface area contributed by atoms with Crippen molar-refractivity contribution in [3.8, 4) is 0 Å². The van der Waals surface area contributed by atoms with E-state index in [1.165, 1.54) is 22.5 Å². The third kappa shape index (κ3) is 4.49. The summed E-state index contributed by atoms with van der Waals surface area (Å²) in [5.41, 5.74) is 0. The summed E-state index contributed by atoms with van der Waals surface area (Å²) in [6.07, 6.45) is 0.875. The summed E-state index contributed by atoms with van der Waals surface area (Å²) in [7, 11) is -3.83. The van der Waals surface area contributed by atoms with Crippen LogP contribution in [0.3, 0.4) is 0 Å². The van der Waals surface area contributed by atoms with Crippen LogP contribution in [0.2, 0.25) is 0 Å². The predicted octanol–water partition coefficient (Wildman–Crippen LogP) is 0.658. The number of amides is 1. The van der Waals surface area contributed by atoms with Crippen molar-refractivity contribution in [3.05, 3.63) is 30.1 Å². The summed E-state index contributed by atoms with van der Waals surface area (Å²) in [4.78, 5) is 13.3. The molecule has 2 rings (SSSR count). The van der Waals surface area contributed by atoms with Crippen LogP contribution in [-0.2, 0) is 14.8 Å². The first-order chi connectivity index (χ1) is 10.9. The molecule has 1 aliphatic rings. The number of benzene rings is 1. The number of carbonyl (C=O) groups excluding carboxylic acids is 1. The molecule has 0 atom stereocenters. The second kappa shape index (κ2) is 7.85. The molecule has 0 bridgehead atoms. The van der Waals surface area contributed by atoms with Gasteiger partial charge in [-0.2, -0.15) is 4.31 Å². The lowest BCUT2D eigenvalue weighted by atomic mass is 10.3. The maximum atomic E-state index is 13.7. The first-order valence-corrected chi connectivity index (χ1v) is 9.13. The van der Waals surface area contributed by atoms with E-state index in [9.17, 15) is 17.6 Å². The maximum Gasteiger partial charge on any atom is 0.246 e. The monoisotopic (exact) mass is 343 g/mol. The molecule has 0 unspecified atom stereocenters. The molecule has 6 nitrogen and oxygen atoms in total. The third-order valence-corrected chi connectivity index (χ3v) is 5.66. The molecule has 1 N–H and O–H groups in total. The summed E-state index contributed by atoms with van der Waals surface area (Å²) in [6, 6.07) is 5.38. The third-order valence-electron chi connectivity index (χ3n) is 3.73. The summed E-state index contributed by atoms with van der Waals surface area (Å²) >= 11 is 0. The van der Waals surface area contributed by atoms with Gasteiger partial charge in [0.1, 0.15) is 10.7 Å². The number of piperazine rings is 1. The van der Waals surface area contributed by atoms with Crippen molar-refractivity contribution in [2.24, 2.45) is 0 Å². The minimum absolute atomic E-state index is 0.0581. The first kappa shape index (κ1) is 17.8. The van der Waals surface area contributed by atoms with Crippen molar-refractivity contribution in [3.63, 3.8) is 0 Å². The average Bonchev–Trinajstić information content (AvgIpc) is 2.53. The number of hydrogen-bond acceptors (Lipinski definition) is 4. The molecule has 1 amide bonds. The normalized spacial score (nSPS) is 17.1. The topological polar surface area (TPSA) is 69.7 Å². The Morgan fingerprint density at radius 2 is 1.87 bits per heavy atom. The van der Waals surface area contributed by atoms with E-state index in [-0.39, 0.29) is 30.4 Å². The number of nitrogens with one attached hydrogen (secondary N) is 1. The Bertz CT molecular complexity index is 643. The smallest absolute Gasteiger partial charge is 0.246 e. The van der Waals surface area contributed by atoms with Gasteiger partial charge < -0.3 is 5.32 Å². The van der Waals surface area contributed by atoms with Crippen LogP contribution in [0.4, 0.5) is 4.39 Å². The Kier molecular flexibility index (Phi) is 6.09. The fourth-order valence-electron chi connectivity index (χ4n) is 2.44. The zero-order chi connectivity index (χ0) is 16.9. The van der Waals surface area contributed by atoms with Crippen molar-refractivity contribution in [2.75, 3.05) is 39.3 Å². The van der Waals surface area contributed by atoms with Crippen LogP contribution in [-0.4, -0.2) is 62.8 Å². The summed E-state index contributed by atoms with van der Waals surface area (Å²) in [5.74, 6) is -0.800. The van der Waals surface area contributed by atoms with Gasteiger partial charge in [-0.05, 0) is 18.6 Å². The molecule has 0 aliphatic carbocycles. The highest BCUT2D eigenvalue weighted by Crippen LogP contribution is 2.20. The average molecular weight is 343 g/mol. The minimum Gasteiger partial charge on any atom is -0.355 e. The van der Waals surface area contributed by atoms with Crippen molar-refractivity contribution in [1.82, 2.24) is 14.5 Å². The van der Waals surface area contributed by atoms with Gasteiger partial charge in [0.2, 0.25) is 15.9 Å². The molecule has 0 radical (unpaired) electrons. The van der Waals surface area contributed by atoms with Crippen LogP contribution >= 0.6 is 0 Å². The summed E-state index contributed by atoms with van der Waals surface area (Å²) in [5, 5.41) is 2.79. The number of hydrogen-bond donors (Lipinski definition) is 1. The largest absolute Gasteiger partial charge is 0.355 e. The number of halogens is 1. The number of sulfonamides is 1. The zero-order valence-electron chi connectivity index (χ0n) is 13.2. The molecule has 0 saturated carbocycles. The molecule has 128 valence electrons. The number of carbonyl (C=O) groups is 1. The van der Waals surface area contributed by atoms with Crippen molar-refractivity contribution in [2.45, 2.75) is 18.2 Å². The van der Waals surface area contributed by atoms with Crippen LogP contribution in [0.25, 0.3) is 0 Å². The van der Waals surface area contributed by atoms with E-state index in [1.54, 1.807) is 0 Å². The van der Waals surface area contributed by atoms with E-state index >= 15 is 0 Å². The molecule has 1 fully saturated rings. The number of nitrogens with zero attached hydrogens (tertiary/aromatic N) is 2. The molecular weight excluding hydrogens is 321 g/mol. The van der Waals surface area contributed by atoms with E-state index < -0.39 is 15.8 Å². The fourth-order valence-corrected chi connectivity index (χ4v) is 3.93. The first-order valence-electron chi connectivity index (χ1n) is 7.69. The Morgan fingerprint density at radius 3 is 2.48 bits per heavy atom. The van der Waals surface area contributed by atoms with Crippen LogP contribution in [0.15, 0.2) is 29.2 Å². The quantitative estimate of drug-likeness (QED) is 0.824. The van der Waals surface area contributed by atoms with Crippen molar-refractivity contribution >= 4 is 15.9 Å². The Labute approximate surface area is 136 Å². The molecule has 23 heavy (non-hydrogen) atoms. The van der Waals surface area contributed by atoms with E-state index in [0.29, 0.717) is 19.6 Å². The van der Waals surface area contributed by atoms with E-state index in [0.717, 1.165) is 12.5 Å². The molecule has 0 spiro atoms. The second-order valence-corrected chi connectivity index (χ2v) is 7.37. The SMILES string of the molecule is CCCNC(=O)CN1CCN(S(=O)(=O)c2ccccc2F)CC1. The van der Waals surface area contributed by atoms with Crippen LogP contribution < -0.4 is 5.32 Å². The van der Waals surface area contributed by atoms with Gasteiger partial charge in [-0.3, -0.25) is 9.69 Å². The van der Waals surface area contributed by atoms with Gasteiger partial charge >= 0.3 is 0 Å². The minimum atomic E-state index is -3.83. The standard InChI is InChI=1S/C15H22FN3O3S/c1-2-7-17-15(20)12-18-8-10-19(11-9-18)23(21,22)14-6-4-3-5-13(14)16/h3-6H,2,7-12H2,1H3,(H,17,20). The fraction of sp³-hybridized carbons (Fsp3) is 0.533. The van der Waals surface area contributed by atoms with Gasteiger partial charge in [0.25, 0.3) is 0 Å². The lowest BCUT2D eigenvalue weighted by molar-refractivity contribution is -0.122. The maximum absolute atomic E-state index is 13.7. The molecule has 1 saturated heterocycles. The number of rotatable bonds is 6. The van der Waals surface area contributed by atoms with Gasteiger partial charge in [-0.15, -0.1) is 0 Å². The molecule has 1 aromatic rings. The highest BCUT2D eigenvalue weighted by atomic mass is 32.2. The molecule has 8 heteroatoms. The molecule has 1 aromatic carbocycles. The highest BCUT2D eigenvalue weighted by Gasteiger charge is 2.30. The van der Waals surface area contributed by atoms with E-state index in [2.05, 4.69) is 5.32 Å². The van der Waals surface area contributed by atoms with E-state index in [1.807, 2.05) is 11.8 Å². The Balaban J connectivity index is 1.94. The highest BCUT2D eigenvalue weighted by molar-refractivity contribution is 7.89. The van der Waals surface area contributed by atoms with Gasteiger partial charge in [-0.25, -0.2) is 12.8 Å². The van der Waals surface area contributed by atoms with Gasteiger partial charge in [-0.1, -0.05) is 19.1 Å². The molecule has 0 aromatic heterocycles. The lowest BCUT2D eigenvalue weighted by Crippen LogP contribution is -2.51. The van der Waals surface area contributed by atoms with Gasteiger partial charge in [0.15, 0.2) is 0 Å². The van der Waals surface area contributed by atoms with E-state index in [4.69, 9.17) is 0 Å². The summed E-state index contributed by atoms with van der Waals surface area (Å²) < 4.78 is 39.9. The van der Waals surface area contributed by atoms with Crippen LogP contribution in [0, 0.1) is 5.82 Å². The van der Waals surface area contributed by atoms with Crippen molar-refractivity contribution < 1.29 is 17.6 Å².